The summed E-state index contributed by atoms with van der Waals surface area (Å²) in [6, 6.07) is 18.9. The lowest BCUT2D eigenvalue weighted by atomic mass is 10.1. The van der Waals surface area contributed by atoms with Crippen LogP contribution < -0.4 is 5.32 Å². The van der Waals surface area contributed by atoms with E-state index in [0.29, 0.717) is 5.69 Å². The van der Waals surface area contributed by atoms with Crippen molar-refractivity contribution in [2.75, 3.05) is 5.32 Å². The van der Waals surface area contributed by atoms with E-state index in [1.807, 2.05) is 37.3 Å². The minimum Gasteiger partial charge on any atom is -0.338 e. The number of fused-ring (bicyclic) bond motifs is 1. The number of amides is 1. The van der Waals surface area contributed by atoms with Crippen LogP contribution in [-0.2, 0) is 0 Å². The highest BCUT2D eigenvalue weighted by atomic mass is 16.6. The molecule has 0 saturated carbocycles. The molecule has 0 atom stereocenters. The van der Waals surface area contributed by atoms with E-state index in [9.17, 15) is 14.9 Å². The highest BCUT2D eigenvalue weighted by Crippen LogP contribution is 2.23. The van der Waals surface area contributed by atoms with Crippen molar-refractivity contribution >= 4 is 28.3 Å². The van der Waals surface area contributed by atoms with Crippen molar-refractivity contribution < 1.29 is 9.72 Å². The maximum Gasteiger partial charge on any atom is 0.270 e. The van der Waals surface area contributed by atoms with Crippen molar-refractivity contribution in [3.63, 3.8) is 0 Å². The molecule has 0 aliphatic carbocycles. The summed E-state index contributed by atoms with van der Waals surface area (Å²) >= 11 is 0. The predicted molar refractivity (Wildman–Crippen MR) is 107 cm³/mol. The van der Waals surface area contributed by atoms with Crippen LogP contribution in [0.15, 0.2) is 66.7 Å². The first-order chi connectivity index (χ1) is 13.5. The molecule has 0 radical (unpaired) electrons. The van der Waals surface area contributed by atoms with Gasteiger partial charge in [-0.3, -0.25) is 14.9 Å². The van der Waals surface area contributed by atoms with Crippen LogP contribution in [0.4, 0.5) is 11.4 Å². The monoisotopic (exact) mass is 372 g/mol. The molecule has 0 aliphatic heterocycles. The summed E-state index contributed by atoms with van der Waals surface area (Å²) in [5.74, 6) is 0.341. The first-order valence-electron chi connectivity index (χ1n) is 8.62. The third kappa shape index (κ3) is 3.45. The van der Waals surface area contributed by atoms with Gasteiger partial charge in [0.2, 0.25) is 0 Å². The number of non-ortho nitro benzene ring substituents is 1. The van der Waals surface area contributed by atoms with Crippen LogP contribution in [0.1, 0.15) is 15.9 Å². The molecule has 1 aromatic heterocycles. The van der Waals surface area contributed by atoms with Gasteiger partial charge in [0.25, 0.3) is 11.6 Å². The Morgan fingerprint density at radius 3 is 2.61 bits per heavy atom. The van der Waals surface area contributed by atoms with Crippen LogP contribution in [0.25, 0.3) is 22.4 Å². The summed E-state index contributed by atoms with van der Waals surface area (Å²) in [4.78, 5) is 30.5. The number of aryl methyl sites for hydroxylation is 1. The Bertz CT molecular complexity index is 1200. The van der Waals surface area contributed by atoms with Gasteiger partial charge in [0.15, 0.2) is 0 Å². The van der Waals surface area contributed by atoms with E-state index in [4.69, 9.17) is 0 Å². The molecule has 1 heterocycles. The second-order valence-electron chi connectivity index (χ2n) is 6.44. The molecule has 7 heteroatoms. The van der Waals surface area contributed by atoms with E-state index in [0.717, 1.165) is 28.0 Å². The van der Waals surface area contributed by atoms with Gasteiger partial charge in [-0.2, -0.15) is 0 Å². The first-order valence-corrected chi connectivity index (χ1v) is 8.62. The van der Waals surface area contributed by atoms with Gasteiger partial charge in [0.05, 0.1) is 16.0 Å². The molecule has 2 N–H and O–H groups in total. The van der Waals surface area contributed by atoms with E-state index in [1.165, 1.54) is 24.3 Å². The third-order valence-electron chi connectivity index (χ3n) is 4.37. The number of hydrogen-bond donors (Lipinski definition) is 2. The number of nitrogens with one attached hydrogen (secondary N) is 2. The van der Waals surface area contributed by atoms with Crippen molar-refractivity contribution in [2.45, 2.75) is 6.92 Å². The minimum absolute atomic E-state index is 0.122. The number of carbonyl (C=O) groups excluding carboxylic acids is 1. The largest absolute Gasteiger partial charge is 0.338 e. The fourth-order valence-electron chi connectivity index (χ4n) is 2.94. The number of aromatic amines is 1. The number of nitrogens with zero attached hydrogens (tertiary/aromatic N) is 2. The third-order valence-corrected chi connectivity index (χ3v) is 4.37. The van der Waals surface area contributed by atoms with E-state index < -0.39 is 10.8 Å². The van der Waals surface area contributed by atoms with Crippen LogP contribution in [0, 0.1) is 17.0 Å². The zero-order valence-electron chi connectivity index (χ0n) is 15.0. The van der Waals surface area contributed by atoms with Gasteiger partial charge < -0.3 is 10.3 Å². The van der Waals surface area contributed by atoms with Crippen molar-refractivity contribution in [1.29, 1.82) is 0 Å². The normalized spacial score (nSPS) is 10.8. The molecule has 0 aliphatic rings. The Balaban J connectivity index is 1.53. The van der Waals surface area contributed by atoms with Gasteiger partial charge in [-0.1, -0.05) is 12.1 Å². The number of imidazole rings is 1. The van der Waals surface area contributed by atoms with E-state index in [2.05, 4.69) is 15.3 Å². The lowest BCUT2D eigenvalue weighted by Gasteiger charge is -2.06. The first kappa shape index (κ1) is 17.4. The lowest BCUT2D eigenvalue weighted by Crippen LogP contribution is -2.12. The Morgan fingerprint density at radius 1 is 1.07 bits per heavy atom. The molecule has 4 aromatic rings. The summed E-state index contributed by atoms with van der Waals surface area (Å²) in [7, 11) is 0. The average molecular weight is 372 g/mol. The van der Waals surface area contributed by atoms with Crippen LogP contribution in [0.5, 0.6) is 0 Å². The quantitative estimate of drug-likeness (QED) is 0.400. The SMILES string of the molecule is Cc1ccc2nc(-c3ccc(NC(=O)c4cccc([N+](=O)[O-])c4)cc3)[nH]c2c1. The van der Waals surface area contributed by atoms with Crippen molar-refractivity contribution in [1.82, 2.24) is 9.97 Å². The number of carbonyl (C=O) groups is 1. The molecular weight excluding hydrogens is 356 g/mol. The smallest absolute Gasteiger partial charge is 0.270 e. The zero-order chi connectivity index (χ0) is 19.7. The Kier molecular flexibility index (Phi) is 4.33. The number of H-pyrrole nitrogens is 1. The van der Waals surface area contributed by atoms with Crippen LogP contribution in [0.2, 0.25) is 0 Å². The number of anilines is 1. The number of benzene rings is 3. The molecule has 0 bridgehead atoms. The molecule has 0 fully saturated rings. The molecule has 7 nitrogen and oxygen atoms in total. The van der Waals surface area contributed by atoms with Gasteiger partial charge in [0, 0.05) is 28.9 Å². The van der Waals surface area contributed by atoms with Gasteiger partial charge in [-0.25, -0.2) is 4.98 Å². The van der Waals surface area contributed by atoms with Crippen molar-refractivity contribution in [3.05, 3.63) is 88.0 Å². The summed E-state index contributed by atoms with van der Waals surface area (Å²) in [5.41, 5.74) is 4.60. The second kappa shape index (κ2) is 6.96. The molecule has 0 saturated heterocycles. The van der Waals surface area contributed by atoms with Crippen molar-refractivity contribution in [2.24, 2.45) is 0 Å². The molecule has 4 rings (SSSR count). The van der Waals surface area contributed by atoms with E-state index in [1.54, 1.807) is 12.1 Å². The molecular formula is C21H16N4O3. The molecule has 3 aromatic carbocycles. The number of rotatable bonds is 4. The summed E-state index contributed by atoms with van der Waals surface area (Å²) in [5, 5.41) is 13.6. The van der Waals surface area contributed by atoms with Gasteiger partial charge in [-0.15, -0.1) is 0 Å². The van der Waals surface area contributed by atoms with E-state index >= 15 is 0 Å². The standard InChI is InChI=1S/C21H16N4O3/c1-13-5-10-18-19(11-13)24-20(23-18)14-6-8-16(9-7-14)22-21(26)15-3-2-4-17(12-15)25(27)28/h2-12H,1H3,(H,22,26)(H,23,24). The summed E-state index contributed by atoms with van der Waals surface area (Å²) in [6.07, 6.45) is 0. The van der Waals surface area contributed by atoms with E-state index in [-0.39, 0.29) is 11.3 Å². The Hall–Kier alpha value is -4.00. The molecule has 1 amide bonds. The van der Waals surface area contributed by atoms with Crippen LogP contribution in [-0.4, -0.2) is 20.8 Å². The Morgan fingerprint density at radius 2 is 1.86 bits per heavy atom. The van der Waals surface area contributed by atoms with Crippen molar-refractivity contribution in [3.8, 4) is 11.4 Å². The maximum absolute atomic E-state index is 12.3. The summed E-state index contributed by atoms with van der Waals surface area (Å²) in [6.45, 7) is 2.03. The molecule has 0 unspecified atom stereocenters. The zero-order valence-corrected chi connectivity index (χ0v) is 15.0. The Labute approximate surface area is 160 Å². The second-order valence-corrected chi connectivity index (χ2v) is 6.44. The molecule has 28 heavy (non-hydrogen) atoms. The molecule has 0 spiro atoms. The van der Waals surface area contributed by atoms with Gasteiger partial charge >= 0.3 is 0 Å². The summed E-state index contributed by atoms with van der Waals surface area (Å²) < 4.78 is 0. The number of aromatic nitrogens is 2. The predicted octanol–water partition coefficient (Wildman–Crippen LogP) is 4.70. The maximum atomic E-state index is 12.3. The number of hydrogen-bond acceptors (Lipinski definition) is 4. The fourth-order valence-corrected chi connectivity index (χ4v) is 2.94. The molecule has 138 valence electrons. The van der Waals surface area contributed by atoms with Crippen LogP contribution in [0.3, 0.4) is 0 Å². The van der Waals surface area contributed by atoms with Gasteiger partial charge in [0.1, 0.15) is 5.82 Å². The van der Waals surface area contributed by atoms with Crippen LogP contribution >= 0.6 is 0 Å². The van der Waals surface area contributed by atoms with Gasteiger partial charge in [-0.05, 0) is 55.0 Å². The average Bonchev–Trinajstić information content (AvgIpc) is 3.11. The number of nitro benzene ring substituents is 1. The fraction of sp³-hybridized carbons (Fsp3) is 0.0476. The topological polar surface area (TPSA) is 101 Å². The number of nitro groups is 1. The highest BCUT2D eigenvalue weighted by molar-refractivity contribution is 6.04. The minimum atomic E-state index is -0.527. The highest BCUT2D eigenvalue weighted by Gasteiger charge is 2.12. The lowest BCUT2D eigenvalue weighted by molar-refractivity contribution is -0.384.